The summed E-state index contributed by atoms with van der Waals surface area (Å²) in [5.41, 5.74) is 7.66. The summed E-state index contributed by atoms with van der Waals surface area (Å²) in [4.78, 5) is 18.0. The molecule has 2 unspecified atom stereocenters. The van der Waals surface area contributed by atoms with Crippen molar-refractivity contribution in [1.82, 2.24) is 20.7 Å². The summed E-state index contributed by atoms with van der Waals surface area (Å²) < 4.78 is 0. The van der Waals surface area contributed by atoms with E-state index in [1.54, 1.807) is 12.4 Å². The van der Waals surface area contributed by atoms with E-state index in [2.05, 4.69) is 15.8 Å². The maximum atomic E-state index is 12.2. The first-order valence-electron chi connectivity index (χ1n) is 7.36. The minimum Gasteiger partial charge on any atom is -0.344 e. The molecule has 2 atom stereocenters. The number of hydrogen-bond donors (Lipinski definition) is 2. The maximum Gasteiger partial charge on any atom is 0.226 e. The van der Waals surface area contributed by atoms with Crippen molar-refractivity contribution in [1.29, 1.82) is 0 Å². The van der Waals surface area contributed by atoms with Crippen LogP contribution in [0.15, 0.2) is 24.5 Å². The van der Waals surface area contributed by atoms with Crippen LogP contribution in [0.25, 0.3) is 0 Å². The van der Waals surface area contributed by atoms with E-state index in [0.29, 0.717) is 18.5 Å². The lowest BCUT2D eigenvalue weighted by Gasteiger charge is -2.21. The largest absolute Gasteiger partial charge is 0.344 e. The van der Waals surface area contributed by atoms with E-state index >= 15 is 0 Å². The van der Waals surface area contributed by atoms with Crippen LogP contribution >= 0.6 is 0 Å². The Morgan fingerprint density at radius 3 is 3.00 bits per heavy atom. The van der Waals surface area contributed by atoms with Crippen molar-refractivity contribution < 1.29 is 4.79 Å². The Morgan fingerprint density at radius 2 is 2.30 bits per heavy atom. The lowest BCUT2D eigenvalue weighted by molar-refractivity contribution is -0.129. The van der Waals surface area contributed by atoms with Crippen molar-refractivity contribution in [2.45, 2.75) is 37.8 Å². The van der Waals surface area contributed by atoms with Gasteiger partial charge < -0.3 is 4.90 Å². The Labute approximate surface area is 119 Å². The highest BCUT2D eigenvalue weighted by Gasteiger charge is 2.36. The van der Waals surface area contributed by atoms with Gasteiger partial charge >= 0.3 is 0 Å². The number of hydrogen-bond acceptors (Lipinski definition) is 4. The molecular formula is C15H22N4O. The van der Waals surface area contributed by atoms with E-state index in [4.69, 9.17) is 0 Å². The quantitative estimate of drug-likeness (QED) is 0.831. The molecule has 5 nitrogen and oxygen atoms in total. The number of nitrogens with one attached hydrogen (secondary N) is 2. The van der Waals surface area contributed by atoms with Gasteiger partial charge in [0.2, 0.25) is 5.91 Å². The Morgan fingerprint density at radius 1 is 1.45 bits per heavy atom. The first-order valence-corrected chi connectivity index (χ1v) is 7.36. The molecule has 0 aromatic carbocycles. The molecule has 0 spiro atoms. The van der Waals surface area contributed by atoms with Gasteiger partial charge in [-0.2, -0.15) is 0 Å². The zero-order chi connectivity index (χ0) is 13.9. The van der Waals surface area contributed by atoms with Crippen LogP contribution in [0.3, 0.4) is 0 Å². The molecule has 2 aliphatic rings. The monoisotopic (exact) mass is 274 g/mol. The number of nitrogens with zero attached hydrogens (tertiary/aromatic N) is 2. The lowest BCUT2D eigenvalue weighted by Crippen LogP contribution is -2.42. The molecule has 0 bridgehead atoms. The molecule has 20 heavy (non-hydrogen) atoms. The maximum absolute atomic E-state index is 12.2. The van der Waals surface area contributed by atoms with Crippen molar-refractivity contribution in [3.63, 3.8) is 0 Å². The predicted molar refractivity (Wildman–Crippen MR) is 76.8 cm³/mol. The second kappa shape index (κ2) is 5.89. The fourth-order valence-corrected chi connectivity index (χ4v) is 2.82. The summed E-state index contributed by atoms with van der Waals surface area (Å²) in [5.74, 6) is 0.999. The number of pyridine rings is 1. The molecule has 1 saturated carbocycles. The van der Waals surface area contributed by atoms with Crippen LogP contribution < -0.4 is 10.9 Å². The zero-order valence-electron chi connectivity index (χ0n) is 11.9. The summed E-state index contributed by atoms with van der Waals surface area (Å²) in [6, 6.07) is 4.77. The molecular weight excluding hydrogens is 252 g/mol. The van der Waals surface area contributed by atoms with Gasteiger partial charge in [0.15, 0.2) is 0 Å². The van der Waals surface area contributed by atoms with Crippen molar-refractivity contribution in [3.05, 3.63) is 30.1 Å². The average molecular weight is 274 g/mol. The standard InChI is InChI=1S/C15H22N4O/c1-19(15(20)7-11-3-2-6-16-9-11)10-13-8-14(18-17-13)12-4-5-12/h2-3,6,9,12-14,17-18H,4-5,7-8,10H2,1H3. The molecule has 5 heteroatoms. The second-order valence-electron chi connectivity index (χ2n) is 5.98. The highest BCUT2D eigenvalue weighted by atomic mass is 16.2. The molecule has 108 valence electrons. The van der Waals surface area contributed by atoms with Gasteiger partial charge in [0, 0.05) is 38.1 Å². The third-order valence-electron chi connectivity index (χ3n) is 4.20. The molecule has 2 fully saturated rings. The van der Waals surface area contributed by atoms with Gasteiger partial charge in [-0.05, 0) is 36.8 Å². The van der Waals surface area contributed by atoms with Gasteiger partial charge in [-0.3, -0.25) is 20.6 Å². The van der Waals surface area contributed by atoms with Crippen LogP contribution in [0.5, 0.6) is 0 Å². The first-order chi connectivity index (χ1) is 9.72. The van der Waals surface area contributed by atoms with Crippen LogP contribution in [0.1, 0.15) is 24.8 Å². The third kappa shape index (κ3) is 3.35. The van der Waals surface area contributed by atoms with E-state index in [1.165, 1.54) is 12.8 Å². The van der Waals surface area contributed by atoms with E-state index in [-0.39, 0.29) is 5.91 Å². The topological polar surface area (TPSA) is 57.3 Å². The fraction of sp³-hybridized carbons (Fsp3) is 0.600. The minimum absolute atomic E-state index is 0.148. The SMILES string of the molecule is CN(CC1CC(C2CC2)NN1)C(=O)Cc1cccnc1. The fourth-order valence-electron chi connectivity index (χ4n) is 2.82. The highest BCUT2D eigenvalue weighted by molar-refractivity contribution is 5.78. The number of rotatable bonds is 5. The third-order valence-corrected chi connectivity index (χ3v) is 4.20. The van der Waals surface area contributed by atoms with Gasteiger partial charge in [0.25, 0.3) is 0 Å². The van der Waals surface area contributed by atoms with Crippen LogP contribution in [0.4, 0.5) is 0 Å². The minimum atomic E-state index is 0.148. The molecule has 3 rings (SSSR count). The average Bonchev–Trinajstić information content (AvgIpc) is 3.20. The van der Waals surface area contributed by atoms with Crippen LogP contribution in [-0.4, -0.2) is 41.5 Å². The number of aromatic nitrogens is 1. The van der Waals surface area contributed by atoms with Crippen molar-refractivity contribution in [2.75, 3.05) is 13.6 Å². The Kier molecular flexibility index (Phi) is 3.98. The number of carbonyl (C=O) groups excluding carboxylic acids is 1. The lowest BCUT2D eigenvalue weighted by atomic mass is 10.1. The molecule has 2 N–H and O–H groups in total. The van der Waals surface area contributed by atoms with E-state index in [1.807, 2.05) is 24.1 Å². The summed E-state index contributed by atoms with van der Waals surface area (Å²) in [7, 11) is 1.88. The van der Waals surface area contributed by atoms with Crippen molar-refractivity contribution in [3.8, 4) is 0 Å². The Balaban J connectivity index is 1.46. The van der Waals surface area contributed by atoms with Crippen LogP contribution in [0, 0.1) is 5.92 Å². The second-order valence-corrected chi connectivity index (χ2v) is 5.98. The highest BCUT2D eigenvalue weighted by Crippen LogP contribution is 2.35. The van der Waals surface area contributed by atoms with Gasteiger partial charge in [-0.25, -0.2) is 0 Å². The molecule has 2 heterocycles. The predicted octanol–water partition coefficient (Wildman–Crippen LogP) is 0.728. The molecule has 0 radical (unpaired) electrons. The molecule has 1 aliphatic carbocycles. The number of carbonyl (C=O) groups is 1. The molecule has 1 aliphatic heterocycles. The van der Waals surface area contributed by atoms with Crippen LogP contribution in [-0.2, 0) is 11.2 Å². The van der Waals surface area contributed by atoms with Crippen molar-refractivity contribution in [2.24, 2.45) is 5.92 Å². The molecule has 1 amide bonds. The van der Waals surface area contributed by atoms with Crippen LogP contribution in [0.2, 0.25) is 0 Å². The Hall–Kier alpha value is -1.46. The van der Waals surface area contributed by atoms with E-state index < -0.39 is 0 Å². The molecule has 1 saturated heterocycles. The molecule has 1 aromatic rings. The number of hydrazine groups is 1. The van der Waals surface area contributed by atoms with E-state index in [9.17, 15) is 4.79 Å². The van der Waals surface area contributed by atoms with Gasteiger partial charge in [0.05, 0.1) is 6.42 Å². The summed E-state index contributed by atoms with van der Waals surface area (Å²) >= 11 is 0. The Bertz CT molecular complexity index is 460. The van der Waals surface area contributed by atoms with Gasteiger partial charge in [0.1, 0.15) is 0 Å². The molecule has 1 aromatic heterocycles. The van der Waals surface area contributed by atoms with Gasteiger partial charge in [-0.15, -0.1) is 0 Å². The summed E-state index contributed by atoms with van der Waals surface area (Å²) in [6.45, 7) is 0.759. The van der Waals surface area contributed by atoms with Gasteiger partial charge in [-0.1, -0.05) is 6.07 Å². The van der Waals surface area contributed by atoms with E-state index in [0.717, 1.165) is 24.4 Å². The number of likely N-dealkylation sites (N-methyl/N-ethyl adjacent to an activating group) is 1. The smallest absolute Gasteiger partial charge is 0.226 e. The zero-order valence-corrected chi connectivity index (χ0v) is 11.9. The summed E-state index contributed by atoms with van der Waals surface area (Å²) in [6.07, 6.45) is 7.73. The first kappa shape index (κ1) is 13.5. The normalized spacial score (nSPS) is 25.6. The summed E-state index contributed by atoms with van der Waals surface area (Å²) in [5, 5.41) is 0. The number of amides is 1. The van der Waals surface area contributed by atoms with Crippen molar-refractivity contribution >= 4 is 5.91 Å².